The molecule has 0 radical (unpaired) electrons. The van der Waals surface area contributed by atoms with Crippen LogP contribution < -0.4 is 0 Å². The number of pyridine rings is 1. The Morgan fingerprint density at radius 2 is 1.94 bits per heavy atom. The second-order valence-electron chi connectivity index (χ2n) is 2.79. The standard InChI is InChI=1S/C7H2BrF5N2O2/c8-3-1-2(5(9)10)4(7(11,12)13)14-6(3)15(16)17/h1,5H. The van der Waals surface area contributed by atoms with Crippen LogP contribution in [-0.2, 0) is 6.18 Å². The quantitative estimate of drug-likeness (QED) is 0.474. The van der Waals surface area contributed by atoms with Gasteiger partial charge in [0.2, 0.25) is 0 Å². The molecule has 1 aromatic rings. The molecule has 0 aliphatic heterocycles. The van der Waals surface area contributed by atoms with Crippen molar-refractivity contribution >= 4 is 21.7 Å². The number of nitro groups is 1. The molecule has 0 aliphatic carbocycles. The van der Waals surface area contributed by atoms with Crippen LogP contribution in [0.25, 0.3) is 0 Å². The maximum Gasteiger partial charge on any atom is 0.458 e. The first-order chi connectivity index (χ1) is 7.64. The van der Waals surface area contributed by atoms with Crippen LogP contribution in [0.4, 0.5) is 27.8 Å². The van der Waals surface area contributed by atoms with E-state index in [1.54, 1.807) is 0 Å². The topological polar surface area (TPSA) is 56.0 Å². The van der Waals surface area contributed by atoms with Crippen molar-refractivity contribution in [1.82, 2.24) is 4.98 Å². The van der Waals surface area contributed by atoms with Crippen LogP contribution in [0.1, 0.15) is 17.7 Å². The Morgan fingerprint density at radius 1 is 1.41 bits per heavy atom. The van der Waals surface area contributed by atoms with E-state index in [0.717, 1.165) is 0 Å². The molecule has 1 heterocycles. The molecule has 0 amide bonds. The number of hydrogen-bond donors (Lipinski definition) is 0. The predicted molar refractivity (Wildman–Crippen MR) is 48.6 cm³/mol. The highest BCUT2D eigenvalue weighted by atomic mass is 79.9. The van der Waals surface area contributed by atoms with Crippen LogP contribution in [-0.4, -0.2) is 9.91 Å². The Balaban J connectivity index is 3.54. The fourth-order valence-electron chi connectivity index (χ4n) is 1.01. The van der Waals surface area contributed by atoms with Crippen LogP contribution in [0.15, 0.2) is 10.5 Å². The van der Waals surface area contributed by atoms with Gasteiger partial charge in [-0.15, -0.1) is 0 Å². The summed E-state index contributed by atoms with van der Waals surface area (Å²) in [6.45, 7) is 0. The molecule has 1 rings (SSSR count). The zero-order valence-corrected chi connectivity index (χ0v) is 9.22. The summed E-state index contributed by atoms with van der Waals surface area (Å²) >= 11 is 2.51. The van der Waals surface area contributed by atoms with Crippen molar-refractivity contribution in [3.63, 3.8) is 0 Å². The summed E-state index contributed by atoms with van der Waals surface area (Å²) < 4.78 is 61.2. The van der Waals surface area contributed by atoms with Crippen molar-refractivity contribution in [1.29, 1.82) is 0 Å². The molecule has 0 aliphatic rings. The van der Waals surface area contributed by atoms with Gasteiger partial charge in [-0.05, 0) is 31.9 Å². The number of rotatable bonds is 2. The smallest absolute Gasteiger partial charge is 0.358 e. The summed E-state index contributed by atoms with van der Waals surface area (Å²) in [6.07, 6.45) is -8.62. The summed E-state index contributed by atoms with van der Waals surface area (Å²) in [5.74, 6) is -1.17. The number of aromatic nitrogens is 1. The maximum atomic E-state index is 12.4. The fraction of sp³-hybridized carbons (Fsp3) is 0.286. The first-order valence-electron chi connectivity index (χ1n) is 3.84. The minimum absolute atomic E-state index is 0.346. The van der Waals surface area contributed by atoms with Crippen LogP contribution in [0.2, 0.25) is 0 Å². The molecule has 0 saturated heterocycles. The van der Waals surface area contributed by atoms with E-state index in [9.17, 15) is 32.1 Å². The van der Waals surface area contributed by atoms with Crippen molar-refractivity contribution in [2.45, 2.75) is 12.6 Å². The Kier molecular flexibility index (Phi) is 3.65. The Bertz CT molecular complexity index is 462. The lowest BCUT2D eigenvalue weighted by Crippen LogP contribution is -2.14. The molecule has 0 bridgehead atoms. The lowest BCUT2D eigenvalue weighted by Gasteiger charge is -2.08. The number of halogens is 6. The van der Waals surface area contributed by atoms with Gasteiger partial charge in [-0.1, -0.05) is 0 Å². The van der Waals surface area contributed by atoms with E-state index in [0.29, 0.717) is 6.07 Å². The molecule has 0 fully saturated rings. The average Bonchev–Trinajstić information content (AvgIpc) is 2.14. The summed E-state index contributed by atoms with van der Waals surface area (Å²) in [7, 11) is 0. The molecule has 0 saturated carbocycles. The average molecular weight is 321 g/mol. The van der Waals surface area contributed by atoms with E-state index in [1.165, 1.54) is 0 Å². The van der Waals surface area contributed by atoms with Crippen molar-refractivity contribution in [2.75, 3.05) is 0 Å². The Hall–Kier alpha value is -1.32. The van der Waals surface area contributed by atoms with E-state index in [4.69, 9.17) is 0 Å². The van der Waals surface area contributed by atoms with E-state index < -0.39 is 39.1 Å². The molecule has 94 valence electrons. The van der Waals surface area contributed by atoms with Crippen molar-refractivity contribution < 1.29 is 26.9 Å². The van der Waals surface area contributed by atoms with Gasteiger partial charge in [-0.3, -0.25) is 0 Å². The molecule has 17 heavy (non-hydrogen) atoms. The van der Waals surface area contributed by atoms with Crippen LogP contribution >= 0.6 is 15.9 Å². The lowest BCUT2D eigenvalue weighted by molar-refractivity contribution is -0.390. The molecule has 0 spiro atoms. The largest absolute Gasteiger partial charge is 0.458 e. The van der Waals surface area contributed by atoms with Crippen molar-refractivity contribution in [3.8, 4) is 0 Å². The summed E-state index contributed by atoms with van der Waals surface area (Å²) in [5, 5.41) is 10.3. The highest BCUT2D eigenvalue weighted by Crippen LogP contribution is 2.38. The molecule has 1 aromatic heterocycles. The third-order valence-electron chi connectivity index (χ3n) is 1.66. The molecule has 4 nitrogen and oxygen atoms in total. The second kappa shape index (κ2) is 4.51. The monoisotopic (exact) mass is 320 g/mol. The number of hydrogen-bond acceptors (Lipinski definition) is 3. The van der Waals surface area contributed by atoms with E-state index in [2.05, 4.69) is 20.9 Å². The summed E-state index contributed by atoms with van der Waals surface area (Å²) in [5.41, 5.74) is -3.36. The zero-order valence-electron chi connectivity index (χ0n) is 7.63. The van der Waals surface area contributed by atoms with Gasteiger partial charge < -0.3 is 10.1 Å². The minimum Gasteiger partial charge on any atom is -0.358 e. The minimum atomic E-state index is -5.18. The van der Waals surface area contributed by atoms with Crippen molar-refractivity contribution in [3.05, 3.63) is 31.9 Å². The Morgan fingerprint density at radius 3 is 2.29 bits per heavy atom. The maximum absolute atomic E-state index is 12.4. The molecular formula is C7H2BrF5N2O2. The van der Waals surface area contributed by atoms with Gasteiger partial charge >= 0.3 is 12.0 Å². The van der Waals surface area contributed by atoms with Gasteiger partial charge in [-0.2, -0.15) is 13.2 Å². The van der Waals surface area contributed by atoms with E-state index in [-0.39, 0.29) is 0 Å². The Labute approximate surface area is 98.7 Å². The first kappa shape index (κ1) is 13.7. The van der Waals surface area contributed by atoms with Gasteiger partial charge in [-0.25, -0.2) is 8.78 Å². The third-order valence-corrected chi connectivity index (χ3v) is 2.25. The van der Waals surface area contributed by atoms with Crippen molar-refractivity contribution in [2.24, 2.45) is 0 Å². The van der Waals surface area contributed by atoms with Gasteiger partial charge in [0.1, 0.15) is 4.47 Å². The van der Waals surface area contributed by atoms with Crippen LogP contribution in [0.5, 0.6) is 0 Å². The molecule has 0 aromatic carbocycles. The van der Waals surface area contributed by atoms with Gasteiger partial charge in [0.25, 0.3) is 12.1 Å². The number of nitrogens with zero attached hydrogens (tertiary/aromatic N) is 2. The van der Waals surface area contributed by atoms with E-state index >= 15 is 0 Å². The van der Waals surface area contributed by atoms with Gasteiger partial charge in [0, 0.05) is 0 Å². The second-order valence-corrected chi connectivity index (χ2v) is 3.64. The summed E-state index contributed by atoms with van der Waals surface area (Å²) in [4.78, 5) is 11.8. The number of alkyl halides is 5. The summed E-state index contributed by atoms with van der Waals surface area (Å²) in [6, 6.07) is 0.346. The molecule has 0 unspecified atom stereocenters. The lowest BCUT2D eigenvalue weighted by atomic mass is 10.2. The first-order valence-corrected chi connectivity index (χ1v) is 4.64. The molecule has 0 N–H and O–H groups in total. The van der Waals surface area contributed by atoms with Crippen LogP contribution in [0, 0.1) is 10.1 Å². The highest BCUT2D eigenvalue weighted by molar-refractivity contribution is 9.10. The molecular weight excluding hydrogens is 319 g/mol. The predicted octanol–water partition coefficient (Wildman–Crippen LogP) is 3.71. The van der Waals surface area contributed by atoms with Gasteiger partial charge in [0.05, 0.1) is 5.56 Å². The molecule has 0 atom stereocenters. The third kappa shape index (κ3) is 2.87. The highest BCUT2D eigenvalue weighted by Gasteiger charge is 2.43. The van der Waals surface area contributed by atoms with Crippen LogP contribution in [0.3, 0.4) is 0 Å². The fourth-order valence-corrected chi connectivity index (χ4v) is 1.49. The zero-order chi connectivity index (χ0) is 13.4. The molecule has 10 heteroatoms. The van der Waals surface area contributed by atoms with Gasteiger partial charge in [0.15, 0.2) is 0 Å². The SMILES string of the molecule is O=[N+]([O-])c1nc(C(F)(F)F)c(C(F)F)cc1Br. The van der Waals surface area contributed by atoms with E-state index in [1.807, 2.05) is 0 Å². The normalized spacial score (nSPS) is 11.9.